The molecule has 2 aliphatic heterocycles. The molecule has 0 spiro atoms. The van der Waals surface area contributed by atoms with Crippen molar-refractivity contribution in [1.29, 1.82) is 5.26 Å². The molecule has 1 saturated heterocycles. The highest BCUT2D eigenvalue weighted by atomic mass is 16.1. The fraction of sp³-hybridized carbons (Fsp3) is 0.250. The molecule has 0 aromatic heterocycles. The van der Waals surface area contributed by atoms with Crippen molar-refractivity contribution in [3.63, 3.8) is 0 Å². The normalized spacial score (nSPS) is 21.8. The van der Waals surface area contributed by atoms with Crippen LogP contribution in [0.5, 0.6) is 0 Å². The number of anilines is 1. The fourth-order valence-corrected chi connectivity index (χ4v) is 3.56. The van der Waals surface area contributed by atoms with E-state index < -0.39 is 5.41 Å². The molecule has 2 aliphatic rings. The van der Waals surface area contributed by atoms with Gasteiger partial charge in [0, 0.05) is 17.8 Å². The van der Waals surface area contributed by atoms with Crippen molar-refractivity contribution < 1.29 is 4.79 Å². The number of carbonyl (C=O) groups is 1. The zero-order valence-electron chi connectivity index (χ0n) is 13.7. The Labute approximate surface area is 141 Å². The predicted octanol–water partition coefficient (Wildman–Crippen LogP) is 4.01. The number of amidine groups is 1. The van der Waals surface area contributed by atoms with Gasteiger partial charge in [0.25, 0.3) is 0 Å². The van der Waals surface area contributed by atoms with Gasteiger partial charge in [-0.3, -0.25) is 4.79 Å². The highest BCUT2D eigenvalue weighted by Gasteiger charge is 2.49. The van der Waals surface area contributed by atoms with Gasteiger partial charge >= 0.3 is 0 Å². The molecule has 118 valence electrons. The van der Waals surface area contributed by atoms with Crippen LogP contribution in [0.4, 0.5) is 11.4 Å². The number of Topliss-reactive ketones (excluding diaryl/α,β-unsaturated/α-hetero) is 1. The van der Waals surface area contributed by atoms with Crippen LogP contribution < -0.4 is 4.90 Å². The number of rotatable bonds is 1. The van der Waals surface area contributed by atoms with Crippen molar-refractivity contribution >= 4 is 23.0 Å². The number of hydrogen-bond donors (Lipinski definition) is 0. The van der Waals surface area contributed by atoms with Crippen LogP contribution in [0.2, 0.25) is 0 Å². The molecule has 2 aromatic rings. The smallest absolute Gasteiger partial charge is 0.178 e. The second kappa shape index (κ2) is 5.04. The lowest BCUT2D eigenvalue weighted by molar-refractivity contribution is 0.0887. The summed E-state index contributed by atoms with van der Waals surface area (Å²) >= 11 is 0. The minimum absolute atomic E-state index is 0.155. The van der Waals surface area contributed by atoms with E-state index in [9.17, 15) is 4.79 Å². The number of ketones is 1. The van der Waals surface area contributed by atoms with Crippen LogP contribution in [0, 0.1) is 23.7 Å². The summed E-state index contributed by atoms with van der Waals surface area (Å²) in [5.41, 5.74) is 3.57. The van der Waals surface area contributed by atoms with Crippen LogP contribution in [-0.2, 0) is 0 Å². The quantitative estimate of drug-likeness (QED) is 0.799. The summed E-state index contributed by atoms with van der Waals surface area (Å²) in [6.07, 6.45) is 0.748. The molecule has 0 saturated carbocycles. The Kier molecular flexibility index (Phi) is 3.07. The molecule has 1 fully saturated rings. The molecule has 0 unspecified atom stereocenters. The summed E-state index contributed by atoms with van der Waals surface area (Å²) in [5, 5.41) is 8.96. The fourth-order valence-electron chi connectivity index (χ4n) is 3.56. The Morgan fingerprint density at radius 1 is 1.21 bits per heavy atom. The van der Waals surface area contributed by atoms with E-state index in [4.69, 9.17) is 10.3 Å². The SMILES string of the molecule is Cc1ccc2c(c1)C(=O)[C@]1(C)CCN(c3ccc(C#N)cc3)C1=N2. The molecular formula is C20H17N3O. The number of aryl methyl sites for hydroxylation is 1. The van der Waals surface area contributed by atoms with Gasteiger partial charge in [-0.25, -0.2) is 4.99 Å². The molecule has 1 atom stereocenters. The minimum Gasteiger partial charge on any atom is -0.329 e. The van der Waals surface area contributed by atoms with Gasteiger partial charge in [-0.05, 0) is 56.7 Å². The zero-order valence-corrected chi connectivity index (χ0v) is 13.7. The van der Waals surface area contributed by atoms with Gasteiger partial charge in [0.05, 0.1) is 22.7 Å². The van der Waals surface area contributed by atoms with Gasteiger partial charge in [-0.2, -0.15) is 5.26 Å². The average Bonchev–Trinajstić information content (AvgIpc) is 2.94. The molecule has 4 heteroatoms. The van der Waals surface area contributed by atoms with Crippen LogP contribution in [0.25, 0.3) is 0 Å². The number of nitriles is 1. The van der Waals surface area contributed by atoms with Crippen LogP contribution in [-0.4, -0.2) is 18.2 Å². The lowest BCUT2D eigenvalue weighted by Crippen LogP contribution is -2.40. The summed E-state index contributed by atoms with van der Waals surface area (Å²) in [7, 11) is 0. The standard InChI is InChI=1S/C20H17N3O/c1-13-3-8-17-16(11-13)18(24)20(2)9-10-23(19(20)22-17)15-6-4-14(12-21)5-7-15/h3-8,11H,9-10H2,1-2H3/t20-/m0/s1. The molecule has 0 aliphatic carbocycles. The number of carbonyl (C=O) groups excluding carboxylic acids is 1. The van der Waals surface area contributed by atoms with Crippen molar-refractivity contribution in [1.82, 2.24) is 0 Å². The summed E-state index contributed by atoms with van der Waals surface area (Å²) in [4.78, 5) is 20.0. The lowest BCUT2D eigenvalue weighted by atomic mass is 9.78. The van der Waals surface area contributed by atoms with Gasteiger partial charge in [0.2, 0.25) is 0 Å². The summed E-state index contributed by atoms with van der Waals surface area (Å²) < 4.78 is 0. The van der Waals surface area contributed by atoms with Gasteiger partial charge < -0.3 is 4.90 Å². The number of aliphatic imine (C=N–C) groups is 1. The maximum atomic E-state index is 13.1. The lowest BCUT2D eigenvalue weighted by Gasteiger charge is -2.31. The van der Waals surface area contributed by atoms with E-state index in [1.807, 2.05) is 44.2 Å². The summed E-state index contributed by atoms with van der Waals surface area (Å²) in [5.74, 6) is 0.968. The highest BCUT2D eigenvalue weighted by molar-refractivity contribution is 6.25. The average molecular weight is 315 g/mol. The highest BCUT2D eigenvalue weighted by Crippen LogP contribution is 2.44. The van der Waals surface area contributed by atoms with Crippen LogP contribution >= 0.6 is 0 Å². The largest absolute Gasteiger partial charge is 0.329 e. The number of benzene rings is 2. The maximum absolute atomic E-state index is 13.1. The molecule has 4 nitrogen and oxygen atoms in total. The zero-order chi connectivity index (χ0) is 16.9. The second-order valence-electron chi connectivity index (χ2n) is 6.68. The predicted molar refractivity (Wildman–Crippen MR) is 93.8 cm³/mol. The van der Waals surface area contributed by atoms with Crippen LogP contribution in [0.3, 0.4) is 0 Å². The third-order valence-corrected chi connectivity index (χ3v) is 5.02. The molecule has 4 rings (SSSR count). The van der Waals surface area contributed by atoms with Crippen molar-refractivity contribution in [2.75, 3.05) is 11.4 Å². The third kappa shape index (κ3) is 1.98. The second-order valence-corrected chi connectivity index (χ2v) is 6.68. The van der Waals surface area contributed by atoms with Crippen molar-refractivity contribution in [2.24, 2.45) is 10.4 Å². The molecule has 0 N–H and O–H groups in total. The van der Waals surface area contributed by atoms with E-state index in [1.54, 1.807) is 12.1 Å². The van der Waals surface area contributed by atoms with Crippen LogP contribution in [0.1, 0.15) is 34.8 Å². The topological polar surface area (TPSA) is 56.5 Å². The number of nitrogens with zero attached hydrogens (tertiary/aromatic N) is 3. The van der Waals surface area contributed by atoms with Crippen molar-refractivity contribution in [2.45, 2.75) is 20.3 Å². The first-order chi connectivity index (χ1) is 11.5. The molecule has 0 radical (unpaired) electrons. The van der Waals surface area contributed by atoms with E-state index in [-0.39, 0.29) is 5.78 Å². The number of hydrogen-bond acceptors (Lipinski definition) is 4. The van der Waals surface area contributed by atoms with E-state index in [0.29, 0.717) is 5.56 Å². The Morgan fingerprint density at radius 2 is 1.96 bits per heavy atom. The Morgan fingerprint density at radius 3 is 2.67 bits per heavy atom. The van der Waals surface area contributed by atoms with Gasteiger partial charge in [0.15, 0.2) is 5.78 Å². The van der Waals surface area contributed by atoms with E-state index >= 15 is 0 Å². The van der Waals surface area contributed by atoms with Crippen LogP contribution in [0.15, 0.2) is 47.5 Å². The van der Waals surface area contributed by atoms with E-state index in [2.05, 4.69) is 11.0 Å². The van der Waals surface area contributed by atoms with Gasteiger partial charge in [-0.1, -0.05) is 11.6 Å². The molecule has 2 aromatic carbocycles. The van der Waals surface area contributed by atoms with E-state index in [0.717, 1.165) is 41.3 Å². The maximum Gasteiger partial charge on any atom is 0.178 e. The Balaban J connectivity index is 1.83. The third-order valence-electron chi connectivity index (χ3n) is 5.02. The van der Waals surface area contributed by atoms with Crippen molar-refractivity contribution in [3.05, 3.63) is 59.2 Å². The minimum atomic E-state index is -0.575. The Bertz CT molecular complexity index is 921. The molecule has 0 amide bonds. The molecule has 2 heterocycles. The number of fused-ring (bicyclic) bond motifs is 2. The molecule has 0 bridgehead atoms. The van der Waals surface area contributed by atoms with E-state index in [1.165, 1.54) is 0 Å². The first-order valence-corrected chi connectivity index (χ1v) is 8.05. The van der Waals surface area contributed by atoms with Crippen molar-refractivity contribution in [3.8, 4) is 6.07 Å². The van der Waals surface area contributed by atoms with Gasteiger partial charge in [0.1, 0.15) is 5.84 Å². The summed E-state index contributed by atoms with van der Waals surface area (Å²) in [6.45, 7) is 4.73. The molecular weight excluding hydrogens is 298 g/mol. The Hall–Kier alpha value is -2.93. The monoisotopic (exact) mass is 315 g/mol. The first-order valence-electron chi connectivity index (χ1n) is 8.05. The van der Waals surface area contributed by atoms with Gasteiger partial charge in [-0.15, -0.1) is 0 Å². The molecule has 24 heavy (non-hydrogen) atoms. The first kappa shape index (κ1) is 14.6. The summed E-state index contributed by atoms with van der Waals surface area (Å²) in [6, 6.07) is 15.4.